The smallest absolute Gasteiger partial charge is 0.366 e. The van der Waals surface area contributed by atoms with E-state index in [1.165, 1.54) is 37.9 Å². The summed E-state index contributed by atoms with van der Waals surface area (Å²) in [5.41, 5.74) is -2.53. The van der Waals surface area contributed by atoms with Crippen LogP contribution >= 0.6 is 0 Å². The Hall–Kier alpha value is -2.39. The number of nitrogens with one attached hydrogen (secondary N) is 1. The Kier molecular flexibility index (Phi) is 8.97. The van der Waals surface area contributed by atoms with Crippen molar-refractivity contribution in [2.75, 3.05) is 7.05 Å². The van der Waals surface area contributed by atoms with Gasteiger partial charge in [-0.1, -0.05) is 84.2 Å². The van der Waals surface area contributed by atoms with Gasteiger partial charge in [-0.2, -0.15) is 13.2 Å². The summed E-state index contributed by atoms with van der Waals surface area (Å²) in [7, 11) is 1.47. The first-order chi connectivity index (χ1) is 20.1. The van der Waals surface area contributed by atoms with Crippen molar-refractivity contribution in [1.29, 1.82) is 0 Å². The number of allylic oxidation sites excluding steroid dienone is 2. The van der Waals surface area contributed by atoms with Crippen LogP contribution < -0.4 is 5.32 Å². The Morgan fingerprint density at radius 2 is 1.64 bits per heavy atom. The Labute approximate surface area is 260 Å². The van der Waals surface area contributed by atoms with Crippen LogP contribution in [0.5, 0.6) is 0 Å². The van der Waals surface area contributed by atoms with Gasteiger partial charge in [0.25, 0.3) is 0 Å². The highest BCUT2D eigenvalue weighted by molar-refractivity contribution is 5.91. The maximum Gasteiger partial charge on any atom is 0.396 e. The number of hydrogen-bond acceptors (Lipinski definition) is 4. The predicted octanol–water partition coefficient (Wildman–Crippen LogP) is 6.95. The number of alkyl halides is 3. The molecule has 9 heteroatoms. The highest BCUT2D eigenvalue weighted by Gasteiger charge is 2.63. The number of likely N-dealkylation sites (N-methyl/N-ethyl adjacent to an activating group) is 1. The Morgan fingerprint density at radius 1 is 1.07 bits per heavy atom. The van der Waals surface area contributed by atoms with E-state index in [9.17, 15) is 33.0 Å². The SMILES string of the molecule is CCC(C)(C)CC(C)(C)CC1(C(=O)NC2(C(O)O)CC2c2ccc(C3(C)C(=O)N(C)C(C)=CC3C(F)(F)F)cc2)CCCC1. The number of aliphatic hydroxyl groups excluding tert-OH is 1. The van der Waals surface area contributed by atoms with E-state index in [1.807, 2.05) is 0 Å². The van der Waals surface area contributed by atoms with Gasteiger partial charge >= 0.3 is 6.18 Å². The molecule has 1 aromatic rings. The lowest BCUT2D eigenvalue weighted by molar-refractivity contribution is -0.187. The fourth-order valence-corrected chi connectivity index (χ4v) is 8.41. The van der Waals surface area contributed by atoms with E-state index in [0.717, 1.165) is 44.6 Å². The molecule has 6 nitrogen and oxygen atoms in total. The average Bonchev–Trinajstić information content (AvgIpc) is 3.47. The maximum atomic E-state index is 14.2. The number of benzene rings is 1. The van der Waals surface area contributed by atoms with E-state index in [1.54, 1.807) is 12.1 Å². The van der Waals surface area contributed by atoms with E-state index < -0.39 is 46.6 Å². The summed E-state index contributed by atoms with van der Waals surface area (Å²) in [6.07, 6.45) is 1.07. The molecule has 2 amide bonds. The molecule has 4 rings (SSSR count). The summed E-state index contributed by atoms with van der Waals surface area (Å²) < 4.78 is 42.5. The summed E-state index contributed by atoms with van der Waals surface area (Å²) in [4.78, 5) is 28.6. The van der Waals surface area contributed by atoms with Crippen molar-refractivity contribution in [1.82, 2.24) is 10.2 Å². The van der Waals surface area contributed by atoms with Gasteiger partial charge in [-0.25, -0.2) is 0 Å². The second-order valence-electron chi connectivity index (χ2n) is 15.7. The van der Waals surface area contributed by atoms with E-state index in [-0.39, 0.29) is 28.0 Å². The van der Waals surface area contributed by atoms with Crippen molar-refractivity contribution >= 4 is 11.8 Å². The van der Waals surface area contributed by atoms with Crippen molar-refractivity contribution in [2.45, 2.75) is 129 Å². The van der Waals surface area contributed by atoms with Gasteiger partial charge in [0, 0.05) is 24.1 Å². The Balaban J connectivity index is 1.58. The molecule has 1 aromatic carbocycles. The number of rotatable bonds is 10. The molecule has 0 radical (unpaired) electrons. The zero-order valence-electron chi connectivity index (χ0n) is 27.6. The Bertz CT molecular complexity index is 1280. The van der Waals surface area contributed by atoms with Crippen LogP contribution in [0.15, 0.2) is 36.0 Å². The summed E-state index contributed by atoms with van der Waals surface area (Å²) in [6, 6.07) is 6.35. The van der Waals surface area contributed by atoms with Crippen molar-refractivity contribution in [3.63, 3.8) is 0 Å². The topological polar surface area (TPSA) is 89.9 Å². The average molecular weight is 621 g/mol. The third-order valence-electron chi connectivity index (χ3n) is 11.2. The number of halogens is 3. The first kappa shape index (κ1) is 34.5. The van der Waals surface area contributed by atoms with Crippen molar-refractivity contribution in [3.05, 3.63) is 47.2 Å². The molecule has 3 aliphatic rings. The molecule has 2 fully saturated rings. The number of hydrogen-bond donors (Lipinski definition) is 3. The molecule has 0 spiro atoms. The summed E-state index contributed by atoms with van der Waals surface area (Å²) >= 11 is 0. The molecule has 4 unspecified atom stereocenters. The van der Waals surface area contributed by atoms with Gasteiger partial charge in [0.15, 0.2) is 6.29 Å². The van der Waals surface area contributed by atoms with Crippen LogP contribution in [0.1, 0.15) is 117 Å². The number of aliphatic hydroxyl groups is 2. The fourth-order valence-electron chi connectivity index (χ4n) is 8.41. The van der Waals surface area contributed by atoms with Gasteiger partial charge in [0.1, 0.15) is 0 Å². The third-order valence-corrected chi connectivity index (χ3v) is 11.2. The quantitative estimate of drug-likeness (QED) is 0.247. The van der Waals surface area contributed by atoms with Gasteiger partial charge in [0.05, 0.1) is 16.9 Å². The molecule has 4 atom stereocenters. The number of carbonyl (C=O) groups is 2. The van der Waals surface area contributed by atoms with Crippen LogP contribution in [0.4, 0.5) is 13.2 Å². The van der Waals surface area contributed by atoms with E-state index in [4.69, 9.17) is 0 Å². The molecule has 2 aliphatic carbocycles. The third kappa shape index (κ3) is 6.20. The first-order valence-electron chi connectivity index (χ1n) is 16.0. The lowest BCUT2D eigenvalue weighted by Crippen LogP contribution is -2.54. The zero-order valence-corrected chi connectivity index (χ0v) is 27.6. The molecule has 0 aromatic heterocycles. The van der Waals surface area contributed by atoms with E-state index >= 15 is 0 Å². The molecule has 1 aliphatic heterocycles. The van der Waals surface area contributed by atoms with Crippen LogP contribution in [0.25, 0.3) is 0 Å². The van der Waals surface area contributed by atoms with Crippen LogP contribution in [-0.4, -0.2) is 52.0 Å². The molecule has 3 N–H and O–H groups in total. The number of amides is 2. The van der Waals surface area contributed by atoms with Gasteiger partial charge in [-0.3, -0.25) is 9.59 Å². The maximum absolute atomic E-state index is 14.2. The molecular formula is C35H51F3N2O4. The molecule has 44 heavy (non-hydrogen) atoms. The lowest BCUT2D eigenvalue weighted by atomic mass is 9.65. The highest BCUT2D eigenvalue weighted by atomic mass is 19.4. The van der Waals surface area contributed by atoms with Crippen molar-refractivity contribution in [2.24, 2.45) is 22.2 Å². The van der Waals surface area contributed by atoms with E-state index in [0.29, 0.717) is 18.4 Å². The summed E-state index contributed by atoms with van der Waals surface area (Å²) in [5.74, 6) is -3.21. The highest BCUT2D eigenvalue weighted by Crippen LogP contribution is 2.56. The summed E-state index contributed by atoms with van der Waals surface area (Å²) in [6.45, 7) is 13.9. The van der Waals surface area contributed by atoms with Gasteiger partial charge in [-0.05, 0) is 67.9 Å². The van der Waals surface area contributed by atoms with Crippen LogP contribution in [-0.2, 0) is 15.0 Å². The number of nitrogens with zero attached hydrogens (tertiary/aromatic N) is 1. The molecule has 246 valence electrons. The second-order valence-corrected chi connectivity index (χ2v) is 15.7. The minimum absolute atomic E-state index is 0.0896. The Morgan fingerprint density at radius 3 is 2.14 bits per heavy atom. The van der Waals surface area contributed by atoms with Gasteiger partial charge in [-0.15, -0.1) is 0 Å². The largest absolute Gasteiger partial charge is 0.396 e. The first-order valence-corrected chi connectivity index (χ1v) is 16.0. The zero-order chi connectivity index (χ0) is 33.1. The molecule has 0 bridgehead atoms. The second kappa shape index (κ2) is 11.4. The van der Waals surface area contributed by atoms with Crippen LogP contribution in [0, 0.1) is 22.2 Å². The van der Waals surface area contributed by atoms with E-state index in [2.05, 4.69) is 39.9 Å². The van der Waals surface area contributed by atoms with Gasteiger partial charge in [0.2, 0.25) is 11.8 Å². The number of carbonyl (C=O) groups excluding carboxylic acids is 2. The van der Waals surface area contributed by atoms with Crippen molar-refractivity contribution < 1.29 is 33.0 Å². The van der Waals surface area contributed by atoms with Crippen LogP contribution in [0.3, 0.4) is 0 Å². The lowest BCUT2D eigenvalue weighted by Gasteiger charge is -2.43. The van der Waals surface area contributed by atoms with Crippen molar-refractivity contribution in [3.8, 4) is 0 Å². The molecule has 1 heterocycles. The minimum atomic E-state index is -4.63. The summed E-state index contributed by atoms with van der Waals surface area (Å²) in [5, 5.41) is 24.1. The predicted molar refractivity (Wildman–Crippen MR) is 164 cm³/mol. The standard InChI is InChI=1S/C35H51F3N2O4/c1-9-30(3,4)20-31(5,6)21-33(16-10-11-17-33)27(41)39-34(29(43)44)19-25(34)23-12-14-24(15-13-23)32(7)26(35(36,37)38)18-22(2)40(8)28(32)42/h12-15,18,25-26,29,43-44H,9-11,16-17,19-21H2,1-8H3,(H,39,41). The molecular weight excluding hydrogens is 569 g/mol. The van der Waals surface area contributed by atoms with Crippen LogP contribution in [0.2, 0.25) is 0 Å². The fraction of sp³-hybridized carbons (Fsp3) is 0.714. The minimum Gasteiger partial charge on any atom is -0.366 e. The molecule has 0 saturated heterocycles. The normalized spacial score (nSPS) is 29.2. The molecule has 2 saturated carbocycles. The monoisotopic (exact) mass is 620 g/mol. The van der Waals surface area contributed by atoms with Gasteiger partial charge < -0.3 is 20.4 Å².